The Hall–Kier alpha value is -0.0800. The lowest BCUT2D eigenvalue weighted by Crippen LogP contribution is -2.33. The van der Waals surface area contributed by atoms with E-state index in [2.05, 4.69) is 20.8 Å². The van der Waals surface area contributed by atoms with Gasteiger partial charge in [0.05, 0.1) is 5.60 Å². The van der Waals surface area contributed by atoms with E-state index in [-0.39, 0.29) is 5.60 Å². The van der Waals surface area contributed by atoms with Crippen LogP contribution in [0.1, 0.15) is 78.6 Å². The maximum Gasteiger partial charge on any atom is 0.0637 e. The van der Waals surface area contributed by atoms with Gasteiger partial charge in [-0.05, 0) is 26.7 Å². The van der Waals surface area contributed by atoms with Crippen LogP contribution in [-0.2, 0) is 4.74 Å². The van der Waals surface area contributed by atoms with Crippen LogP contribution in [0.4, 0.5) is 0 Å². The lowest BCUT2D eigenvalue weighted by molar-refractivity contribution is 0.00940. The third-order valence-corrected chi connectivity index (χ3v) is 3.48. The van der Waals surface area contributed by atoms with Gasteiger partial charge in [0.2, 0.25) is 0 Å². The zero-order chi connectivity index (χ0) is 13.1. The molecule has 0 fully saturated rings. The van der Waals surface area contributed by atoms with Gasteiger partial charge < -0.3 is 10.5 Å². The van der Waals surface area contributed by atoms with Gasteiger partial charge in [-0.3, -0.25) is 0 Å². The minimum absolute atomic E-state index is 0.0689. The first-order valence-corrected chi connectivity index (χ1v) is 7.32. The Balaban J connectivity index is 3.36. The fraction of sp³-hybridized carbons (Fsp3) is 1.00. The lowest BCUT2D eigenvalue weighted by Gasteiger charge is -2.26. The molecule has 2 N–H and O–H groups in total. The van der Waals surface area contributed by atoms with E-state index in [0.29, 0.717) is 6.04 Å². The number of methoxy groups -OCH3 is 1. The van der Waals surface area contributed by atoms with Crippen LogP contribution in [0.15, 0.2) is 0 Å². The van der Waals surface area contributed by atoms with Crippen LogP contribution in [0.5, 0.6) is 0 Å². The highest BCUT2D eigenvalue weighted by Gasteiger charge is 2.19. The van der Waals surface area contributed by atoms with Crippen molar-refractivity contribution in [3.8, 4) is 0 Å². The molecule has 0 radical (unpaired) electrons. The van der Waals surface area contributed by atoms with Crippen molar-refractivity contribution in [1.82, 2.24) is 0 Å². The Morgan fingerprint density at radius 3 is 2.06 bits per heavy atom. The second-order valence-corrected chi connectivity index (χ2v) is 5.84. The molecule has 0 aromatic rings. The zero-order valence-electron chi connectivity index (χ0n) is 12.4. The van der Waals surface area contributed by atoms with Crippen LogP contribution in [0.25, 0.3) is 0 Å². The van der Waals surface area contributed by atoms with Crippen molar-refractivity contribution in [2.24, 2.45) is 5.73 Å². The third-order valence-electron chi connectivity index (χ3n) is 3.48. The predicted octanol–water partition coefficient (Wildman–Crippen LogP) is 4.27. The topological polar surface area (TPSA) is 35.2 Å². The molecule has 0 spiro atoms. The van der Waals surface area contributed by atoms with E-state index in [0.717, 1.165) is 12.8 Å². The van der Waals surface area contributed by atoms with Gasteiger partial charge in [-0.2, -0.15) is 0 Å². The molecule has 2 nitrogen and oxygen atoms in total. The Bertz CT molecular complexity index is 168. The van der Waals surface area contributed by atoms with Gasteiger partial charge in [0.15, 0.2) is 0 Å². The first-order chi connectivity index (χ1) is 8.02. The predicted molar refractivity (Wildman–Crippen MR) is 76.3 cm³/mol. The van der Waals surface area contributed by atoms with Crippen molar-refractivity contribution in [2.45, 2.75) is 90.2 Å². The highest BCUT2D eigenvalue weighted by molar-refractivity contribution is 4.75. The first-order valence-electron chi connectivity index (χ1n) is 7.32. The van der Waals surface area contributed by atoms with E-state index in [1.54, 1.807) is 7.11 Å². The minimum atomic E-state index is -0.0689. The summed E-state index contributed by atoms with van der Waals surface area (Å²) in [4.78, 5) is 0. The Kier molecular flexibility index (Phi) is 9.85. The van der Waals surface area contributed by atoms with Gasteiger partial charge >= 0.3 is 0 Å². The number of rotatable bonds is 11. The van der Waals surface area contributed by atoms with Gasteiger partial charge in [-0.15, -0.1) is 0 Å². The second kappa shape index (κ2) is 9.90. The maximum absolute atomic E-state index is 6.12. The molecule has 0 aliphatic carbocycles. The largest absolute Gasteiger partial charge is 0.379 e. The molecule has 0 saturated heterocycles. The lowest BCUT2D eigenvalue weighted by atomic mass is 9.95. The summed E-state index contributed by atoms with van der Waals surface area (Å²) in [7, 11) is 1.76. The summed E-state index contributed by atoms with van der Waals surface area (Å²) in [6.07, 6.45) is 11.6. The van der Waals surface area contributed by atoms with Crippen LogP contribution < -0.4 is 5.73 Å². The molecule has 0 rings (SSSR count). The SMILES string of the molecule is CCCCCCCCCC(N)CC(C)(C)OC. The third kappa shape index (κ3) is 10.8. The highest BCUT2D eigenvalue weighted by atomic mass is 16.5. The first kappa shape index (κ1) is 16.9. The molecule has 0 heterocycles. The summed E-state index contributed by atoms with van der Waals surface area (Å²) in [5.41, 5.74) is 6.05. The van der Waals surface area contributed by atoms with Crippen LogP contribution in [0.2, 0.25) is 0 Å². The highest BCUT2D eigenvalue weighted by Crippen LogP contribution is 2.18. The summed E-state index contributed by atoms with van der Waals surface area (Å²) < 4.78 is 5.40. The molecule has 0 aliphatic rings. The smallest absolute Gasteiger partial charge is 0.0637 e. The van der Waals surface area contributed by atoms with Crippen molar-refractivity contribution in [2.75, 3.05) is 7.11 Å². The number of nitrogens with two attached hydrogens (primary N) is 1. The van der Waals surface area contributed by atoms with Gasteiger partial charge in [-0.1, -0.05) is 51.9 Å². The molecule has 104 valence electrons. The van der Waals surface area contributed by atoms with Gasteiger partial charge in [0, 0.05) is 13.2 Å². The summed E-state index contributed by atoms with van der Waals surface area (Å²) in [6, 6.07) is 0.292. The van der Waals surface area contributed by atoms with Crippen LogP contribution in [-0.4, -0.2) is 18.8 Å². The van der Waals surface area contributed by atoms with Crippen LogP contribution in [0, 0.1) is 0 Å². The average Bonchev–Trinajstić information content (AvgIpc) is 2.27. The normalized spacial score (nSPS) is 13.9. The van der Waals surface area contributed by atoms with Gasteiger partial charge in [-0.25, -0.2) is 0 Å². The quantitative estimate of drug-likeness (QED) is 0.550. The molecule has 0 saturated carbocycles. The van der Waals surface area contributed by atoms with Gasteiger partial charge in [0.1, 0.15) is 0 Å². The summed E-state index contributed by atoms with van der Waals surface area (Å²) in [5, 5.41) is 0. The zero-order valence-corrected chi connectivity index (χ0v) is 12.4. The molecule has 0 aromatic heterocycles. The molecule has 17 heavy (non-hydrogen) atoms. The van der Waals surface area contributed by atoms with E-state index in [1.807, 2.05) is 0 Å². The van der Waals surface area contributed by atoms with Crippen molar-refractivity contribution < 1.29 is 4.74 Å². The molecule has 0 amide bonds. The molecular weight excluding hydrogens is 210 g/mol. The Morgan fingerprint density at radius 2 is 1.53 bits per heavy atom. The van der Waals surface area contributed by atoms with Crippen molar-refractivity contribution in [3.05, 3.63) is 0 Å². The van der Waals surface area contributed by atoms with E-state index in [9.17, 15) is 0 Å². The molecule has 2 heteroatoms. The van der Waals surface area contributed by atoms with E-state index in [4.69, 9.17) is 10.5 Å². The molecule has 1 unspecified atom stereocenters. The fourth-order valence-electron chi connectivity index (χ4n) is 2.18. The van der Waals surface area contributed by atoms with E-state index in [1.165, 1.54) is 44.9 Å². The maximum atomic E-state index is 6.12. The monoisotopic (exact) mass is 243 g/mol. The molecule has 0 aromatic carbocycles. The van der Waals surface area contributed by atoms with Crippen molar-refractivity contribution in [3.63, 3.8) is 0 Å². The Labute approximate surface area is 108 Å². The molecular formula is C15H33NO. The standard InChI is InChI=1S/C15H33NO/c1-5-6-7-8-9-10-11-12-14(16)13-15(2,3)17-4/h14H,5-13,16H2,1-4H3. The molecule has 0 aliphatic heterocycles. The summed E-state index contributed by atoms with van der Waals surface area (Å²) in [6.45, 7) is 6.48. The molecule has 1 atom stereocenters. The van der Waals surface area contributed by atoms with E-state index >= 15 is 0 Å². The number of ether oxygens (including phenoxy) is 1. The summed E-state index contributed by atoms with van der Waals surface area (Å²) in [5.74, 6) is 0. The second-order valence-electron chi connectivity index (χ2n) is 5.84. The Morgan fingerprint density at radius 1 is 1.00 bits per heavy atom. The number of hydrogen-bond acceptors (Lipinski definition) is 2. The fourth-order valence-corrected chi connectivity index (χ4v) is 2.18. The summed E-state index contributed by atoms with van der Waals surface area (Å²) >= 11 is 0. The van der Waals surface area contributed by atoms with Crippen LogP contribution in [0.3, 0.4) is 0 Å². The number of unbranched alkanes of at least 4 members (excludes halogenated alkanes) is 6. The van der Waals surface area contributed by atoms with Crippen molar-refractivity contribution in [1.29, 1.82) is 0 Å². The van der Waals surface area contributed by atoms with E-state index < -0.39 is 0 Å². The van der Waals surface area contributed by atoms with Gasteiger partial charge in [0.25, 0.3) is 0 Å². The number of hydrogen-bond donors (Lipinski definition) is 1. The minimum Gasteiger partial charge on any atom is -0.379 e. The molecule has 0 bridgehead atoms. The van der Waals surface area contributed by atoms with Crippen molar-refractivity contribution >= 4 is 0 Å². The van der Waals surface area contributed by atoms with Crippen LogP contribution >= 0.6 is 0 Å². The average molecular weight is 243 g/mol.